The average molecular weight is 365 g/mol. The molecule has 0 atom stereocenters. The van der Waals surface area contributed by atoms with Gasteiger partial charge in [-0.15, -0.1) is 6.42 Å². The van der Waals surface area contributed by atoms with Gasteiger partial charge in [0, 0.05) is 60.2 Å². The smallest absolute Gasteiger partial charge is 0.163 e. The Morgan fingerprint density at radius 3 is 3.00 bits per heavy atom. The fourth-order valence-electron chi connectivity index (χ4n) is 2.97. The summed E-state index contributed by atoms with van der Waals surface area (Å²) in [5, 5.41) is 4.34. The molecule has 28 heavy (non-hydrogen) atoms. The molecular formula is C23H19N5. The maximum absolute atomic E-state index is 5.58. The summed E-state index contributed by atoms with van der Waals surface area (Å²) in [6.45, 7) is 0.704. The molecule has 2 aromatic heterocycles. The molecule has 0 aliphatic carbocycles. The number of pyridine rings is 1. The lowest BCUT2D eigenvalue weighted by Gasteiger charge is -2.11. The summed E-state index contributed by atoms with van der Waals surface area (Å²) in [7, 11) is 0. The van der Waals surface area contributed by atoms with Crippen LogP contribution in [-0.4, -0.2) is 27.7 Å². The predicted octanol–water partition coefficient (Wildman–Crippen LogP) is 4.39. The van der Waals surface area contributed by atoms with Gasteiger partial charge in [0.25, 0.3) is 0 Å². The van der Waals surface area contributed by atoms with Gasteiger partial charge in [-0.3, -0.25) is 9.98 Å². The second-order valence-electron chi connectivity index (χ2n) is 6.32. The van der Waals surface area contributed by atoms with Crippen LogP contribution >= 0.6 is 0 Å². The summed E-state index contributed by atoms with van der Waals surface area (Å²) in [5.41, 5.74) is 3.55. The van der Waals surface area contributed by atoms with Gasteiger partial charge in [0.15, 0.2) is 5.82 Å². The van der Waals surface area contributed by atoms with Crippen LogP contribution in [0.2, 0.25) is 0 Å². The second kappa shape index (κ2) is 8.28. The number of aliphatic imine (C=N–C) groups is 1. The van der Waals surface area contributed by atoms with Gasteiger partial charge < -0.3 is 5.32 Å². The summed E-state index contributed by atoms with van der Waals surface area (Å²) in [4.78, 5) is 18.1. The van der Waals surface area contributed by atoms with Gasteiger partial charge in [0.2, 0.25) is 0 Å². The Morgan fingerprint density at radius 1 is 1.18 bits per heavy atom. The van der Waals surface area contributed by atoms with Crippen molar-refractivity contribution in [1.29, 1.82) is 0 Å². The Labute approximate surface area is 164 Å². The van der Waals surface area contributed by atoms with E-state index in [0.717, 1.165) is 46.4 Å². The quantitative estimate of drug-likeness (QED) is 0.681. The maximum atomic E-state index is 5.58. The van der Waals surface area contributed by atoms with E-state index in [1.807, 2.05) is 48.7 Å². The first-order valence-electron chi connectivity index (χ1n) is 9.14. The molecule has 0 saturated carbocycles. The Bertz CT molecular complexity index is 1120. The number of hydrogen-bond donors (Lipinski definition) is 1. The number of terminal acetylenes is 1. The van der Waals surface area contributed by atoms with Gasteiger partial charge in [-0.05, 0) is 36.4 Å². The number of aromatic nitrogens is 3. The molecule has 5 nitrogen and oxygen atoms in total. The monoisotopic (exact) mass is 365 g/mol. The molecule has 0 fully saturated rings. The van der Waals surface area contributed by atoms with E-state index in [4.69, 9.17) is 11.4 Å². The minimum Gasteiger partial charge on any atom is -0.369 e. The molecule has 1 aromatic carbocycles. The van der Waals surface area contributed by atoms with Gasteiger partial charge in [0.1, 0.15) is 5.82 Å². The first-order valence-corrected chi connectivity index (χ1v) is 9.14. The highest BCUT2D eigenvalue weighted by molar-refractivity contribution is 5.91. The third-order valence-corrected chi connectivity index (χ3v) is 4.38. The number of hydrogen-bond acceptors (Lipinski definition) is 5. The first-order chi connectivity index (χ1) is 13.8. The zero-order valence-electron chi connectivity index (χ0n) is 15.3. The van der Waals surface area contributed by atoms with Crippen molar-refractivity contribution in [3.63, 3.8) is 0 Å². The predicted molar refractivity (Wildman–Crippen MR) is 114 cm³/mol. The highest BCUT2D eigenvalue weighted by Gasteiger charge is 2.10. The Balaban J connectivity index is 1.67. The fraction of sp³-hybridized carbons (Fsp3) is 0.130. The molecule has 0 unspecified atom stereocenters. The van der Waals surface area contributed by atoms with E-state index in [1.54, 1.807) is 12.4 Å². The van der Waals surface area contributed by atoms with Gasteiger partial charge in [-0.1, -0.05) is 18.1 Å². The fourth-order valence-corrected chi connectivity index (χ4v) is 2.97. The van der Waals surface area contributed by atoms with Gasteiger partial charge >= 0.3 is 0 Å². The normalized spacial score (nSPS) is 13.0. The number of benzene rings is 1. The molecule has 4 rings (SSSR count). The molecule has 0 bridgehead atoms. The Morgan fingerprint density at radius 2 is 2.14 bits per heavy atom. The highest BCUT2D eigenvalue weighted by Crippen LogP contribution is 2.26. The molecular weight excluding hydrogens is 346 g/mol. The van der Waals surface area contributed by atoms with Crippen molar-refractivity contribution in [1.82, 2.24) is 15.0 Å². The zero-order chi connectivity index (χ0) is 19.2. The van der Waals surface area contributed by atoms with E-state index in [2.05, 4.69) is 32.3 Å². The molecule has 0 spiro atoms. The number of anilines is 1. The van der Waals surface area contributed by atoms with E-state index in [0.29, 0.717) is 12.4 Å². The lowest BCUT2D eigenvalue weighted by Crippen LogP contribution is -2.06. The topological polar surface area (TPSA) is 63.1 Å². The van der Waals surface area contributed by atoms with E-state index in [9.17, 15) is 0 Å². The lowest BCUT2D eigenvalue weighted by molar-refractivity contribution is 0.972. The van der Waals surface area contributed by atoms with Gasteiger partial charge in [0.05, 0.1) is 5.52 Å². The Hall–Kier alpha value is -3.78. The minimum atomic E-state index is 0.631. The van der Waals surface area contributed by atoms with Crippen LogP contribution in [0, 0.1) is 12.3 Å². The van der Waals surface area contributed by atoms with Crippen LogP contribution in [0.25, 0.3) is 22.3 Å². The number of allylic oxidation sites excluding steroid dienone is 3. The van der Waals surface area contributed by atoms with E-state index >= 15 is 0 Å². The maximum Gasteiger partial charge on any atom is 0.163 e. The van der Waals surface area contributed by atoms with E-state index in [1.165, 1.54) is 0 Å². The number of rotatable bonds is 5. The van der Waals surface area contributed by atoms with E-state index in [-0.39, 0.29) is 0 Å². The molecule has 1 aliphatic rings. The molecule has 1 N–H and O–H groups in total. The SMILES string of the molecule is C#Cc1ccc2nc(-c3cccnc3)nc(NCCC3=CC=CCC=N3)c2c1. The number of nitrogens with zero attached hydrogens (tertiary/aromatic N) is 4. The third-order valence-electron chi connectivity index (χ3n) is 4.38. The Kier molecular flexibility index (Phi) is 5.21. The summed E-state index contributed by atoms with van der Waals surface area (Å²) in [6, 6.07) is 9.59. The van der Waals surface area contributed by atoms with Crippen LogP contribution in [0.15, 0.2) is 71.6 Å². The summed E-state index contributed by atoms with van der Waals surface area (Å²) in [5.74, 6) is 4.07. The molecule has 3 aromatic rings. The van der Waals surface area contributed by atoms with Crippen molar-refractivity contribution in [3.05, 3.63) is 72.2 Å². The van der Waals surface area contributed by atoms with Crippen LogP contribution in [0.4, 0.5) is 5.82 Å². The first kappa shape index (κ1) is 17.6. The summed E-state index contributed by atoms with van der Waals surface area (Å²) < 4.78 is 0. The number of nitrogens with one attached hydrogen (secondary N) is 1. The van der Waals surface area contributed by atoms with Crippen LogP contribution in [0.1, 0.15) is 18.4 Å². The second-order valence-corrected chi connectivity index (χ2v) is 6.32. The van der Waals surface area contributed by atoms with Gasteiger partial charge in [-0.2, -0.15) is 0 Å². The van der Waals surface area contributed by atoms with Crippen molar-refractivity contribution >= 4 is 22.9 Å². The summed E-state index contributed by atoms with van der Waals surface area (Å²) >= 11 is 0. The highest BCUT2D eigenvalue weighted by atomic mass is 15.0. The average Bonchev–Trinajstić information content (AvgIpc) is 3.03. The molecule has 136 valence electrons. The molecule has 0 radical (unpaired) electrons. The van der Waals surface area contributed by atoms with E-state index < -0.39 is 0 Å². The third kappa shape index (κ3) is 3.97. The van der Waals surface area contributed by atoms with Crippen LogP contribution in [0.5, 0.6) is 0 Å². The minimum absolute atomic E-state index is 0.631. The zero-order valence-corrected chi connectivity index (χ0v) is 15.3. The van der Waals surface area contributed by atoms with Crippen molar-refractivity contribution in [2.24, 2.45) is 4.99 Å². The van der Waals surface area contributed by atoms with Crippen molar-refractivity contribution in [2.75, 3.05) is 11.9 Å². The van der Waals surface area contributed by atoms with Crippen molar-refractivity contribution in [3.8, 4) is 23.7 Å². The van der Waals surface area contributed by atoms with Gasteiger partial charge in [-0.25, -0.2) is 9.97 Å². The molecule has 0 saturated heterocycles. The number of fused-ring (bicyclic) bond motifs is 1. The molecule has 0 amide bonds. The molecule has 3 heterocycles. The lowest BCUT2D eigenvalue weighted by atomic mass is 10.1. The molecule has 1 aliphatic heterocycles. The molecule has 5 heteroatoms. The largest absolute Gasteiger partial charge is 0.369 e. The summed E-state index contributed by atoms with van der Waals surface area (Å²) in [6.07, 6.45) is 18.8. The van der Waals surface area contributed by atoms with Crippen LogP contribution < -0.4 is 5.32 Å². The van der Waals surface area contributed by atoms with Crippen LogP contribution in [-0.2, 0) is 0 Å². The van der Waals surface area contributed by atoms with Crippen molar-refractivity contribution in [2.45, 2.75) is 12.8 Å². The van der Waals surface area contributed by atoms with Crippen molar-refractivity contribution < 1.29 is 0 Å². The standard InChI is InChI=1S/C23H19N5/c1-2-17-9-10-21-20(15-17)23(26-14-11-19-8-4-3-5-13-25-19)28-22(27-21)18-7-6-12-24-16-18/h1,3-4,6-10,12-13,15-16H,5,11,14H2,(H,26,27,28). The van der Waals surface area contributed by atoms with Crippen LogP contribution in [0.3, 0.4) is 0 Å².